The number of carbonyl (C=O) groups excluding carboxylic acids is 1. The van der Waals surface area contributed by atoms with Crippen LogP contribution in [0.2, 0.25) is 0 Å². The number of aliphatic carboxylic acids is 1. The number of rotatable bonds is 6. The van der Waals surface area contributed by atoms with E-state index in [1.807, 2.05) is 44.2 Å². The predicted octanol–water partition coefficient (Wildman–Crippen LogP) is 2.68. The highest BCUT2D eigenvalue weighted by molar-refractivity contribution is 5.91. The number of benzene rings is 1. The lowest BCUT2D eigenvalue weighted by atomic mass is 9.63. The van der Waals surface area contributed by atoms with E-state index in [0.29, 0.717) is 6.54 Å². The summed E-state index contributed by atoms with van der Waals surface area (Å²) in [5.74, 6) is -0.733. The molecule has 0 radical (unpaired) electrons. The topological polar surface area (TPSA) is 57.6 Å². The summed E-state index contributed by atoms with van der Waals surface area (Å²) in [6.45, 7) is 4.27. The van der Waals surface area contributed by atoms with Gasteiger partial charge >= 0.3 is 5.97 Å². The van der Waals surface area contributed by atoms with E-state index in [0.717, 1.165) is 24.8 Å². The van der Waals surface area contributed by atoms with Gasteiger partial charge in [-0.05, 0) is 24.3 Å². The van der Waals surface area contributed by atoms with Crippen molar-refractivity contribution in [3.63, 3.8) is 0 Å². The Bertz CT molecular complexity index is 506. The van der Waals surface area contributed by atoms with Gasteiger partial charge in [-0.1, -0.05) is 50.6 Å². The molecule has 114 valence electrons. The molecule has 1 saturated carbocycles. The molecule has 1 fully saturated rings. The second kappa shape index (κ2) is 6.29. The Hall–Kier alpha value is -1.84. The molecule has 0 aliphatic heterocycles. The van der Waals surface area contributed by atoms with E-state index >= 15 is 0 Å². The SMILES string of the molecule is CC(C)CN(CC(=O)O)C(=O)C1(c2ccccc2)CCC1. The summed E-state index contributed by atoms with van der Waals surface area (Å²) >= 11 is 0. The van der Waals surface area contributed by atoms with Crippen LogP contribution in [0.3, 0.4) is 0 Å². The van der Waals surface area contributed by atoms with Gasteiger partial charge < -0.3 is 10.0 Å². The molecule has 21 heavy (non-hydrogen) atoms. The standard InChI is InChI=1S/C17H23NO3/c1-13(2)11-18(12-15(19)20)16(21)17(9-6-10-17)14-7-4-3-5-8-14/h3-5,7-8,13H,6,9-12H2,1-2H3,(H,19,20). The number of carbonyl (C=O) groups is 2. The van der Waals surface area contributed by atoms with Crippen molar-refractivity contribution in [1.82, 2.24) is 4.90 Å². The maximum absolute atomic E-state index is 13.0. The van der Waals surface area contributed by atoms with Gasteiger partial charge in [0.1, 0.15) is 6.54 Å². The Morgan fingerprint density at radius 1 is 1.24 bits per heavy atom. The van der Waals surface area contributed by atoms with Gasteiger partial charge in [0.05, 0.1) is 5.41 Å². The molecule has 1 N–H and O–H groups in total. The molecule has 1 aromatic carbocycles. The molecule has 0 spiro atoms. The van der Waals surface area contributed by atoms with E-state index in [2.05, 4.69) is 0 Å². The van der Waals surface area contributed by atoms with Crippen LogP contribution in [0, 0.1) is 5.92 Å². The Labute approximate surface area is 125 Å². The van der Waals surface area contributed by atoms with E-state index in [9.17, 15) is 9.59 Å². The highest BCUT2D eigenvalue weighted by Crippen LogP contribution is 2.45. The Morgan fingerprint density at radius 2 is 1.86 bits per heavy atom. The zero-order valence-electron chi connectivity index (χ0n) is 12.7. The second-order valence-corrected chi connectivity index (χ2v) is 6.27. The van der Waals surface area contributed by atoms with Gasteiger partial charge in [0.25, 0.3) is 0 Å². The molecule has 2 rings (SSSR count). The minimum absolute atomic E-state index is 0.0314. The van der Waals surface area contributed by atoms with Crippen molar-refractivity contribution >= 4 is 11.9 Å². The maximum Gasteiger partial charge on any atom is 0.323 e. The maximum atomic E-state index is 13.0. The summed E-state index contributed by atoms with van der Waals surface area (Å²) < 4.78 is 0. The molecule has 0 heterocycles. The zero-order valence-corrected chi connectivity index (χ0v) is 12.7. The predicted molar refractivity (Wildman–Crippen MR) is 81.0 cm³/mol. The van der Waals surface area contributed by atoms with Crippen LogP contribution in [0.15, 0.2) is 30.3 Å². The molecule has 0 saturated heterocycles. The number of amides is 1. The van der Waals surface area contributed by atoms with Gasteiger partial charge in [0.2, 0.25) is 5.91 Å². The highest BCUT2D eigenvalue weighted by atomic mass is 16.4. The minimum Gasteiger partial charge on any atom is -0.480 e. The number of nitrogens with zero attached hydrogens (tertiary/aromatic N) is 1. The molecule has 1 aromatic rings. The van der Waals surface area contributed by atoms with Crippen LogP contribution in [0.25, 0.3) is 0 Å². The molecule has 0 atom stereocenters. The smallest absolute Gasteiger partial charge is 0.323 e. The highest BCUT2D eigenvalue weighted by Gasteiger charge is 2.47. The third kappa shape index (κ3) is 3.26. The summed E-state index contributed by atoms with van der Waals surface area (Å²) in [4.78, 5) is 25.6. The molecule has 0 aromatic heterocycles. The fraction of sp³-hybridized carbons (Fsp3) is 0.529. The van der Waals surface area contributed by atoms with Crippen molar-refractivity contribution < 1.29 is 14.7 Å². The van der Waals surface area contributed by atoms with Crippen molar-refractivity contribution in [3.05, 3.63) is 35.9 Å². The molecule has 4 nitrogen and oxygen atoms in total. The van der Waals surface area contributed by atoms with Crippen LogP contribution in [0.5, 0.6) is 0 Å². The minimum atomic E-state index is -0.952. The number of hydrogen-bond donors (Lipinski definition) is 1. The molecule has 0 bridgehead atoms. The van der Waals surface area contributed by atoms with Crippen LogP contribution in [0.4, 0.5) is 0 Å². The molecular formula is C17H23NO3. The first kappa shape index (κ1) is 15.5. The van der Waals surface area contributed by atoms with Gasteiger partial charge in [-0.2, -0.15) is 0 Å². The lowest BCUT2D eigenvalue weighted by Gasteiger charge is -2.44. The quantitative estimate of drug-likeness (QED) is 0.876. The van der Waals surface area contributed by atoms with Crippen LogP contribution in [-0.4, -0.2) is 35.0 Å². The average Bonchev–Trinajstić information content (AvgIpc) is 2.36. The van der Waals surface area contributed by atoms with Crippen molar-refractivity contribution in [2.24, 2.45) is 5.92 Å². The summed E-state index contributed by atoms with van der Waals surface area (Å²) in [6.07, 6.45) is 2.64. The number of hydrogen-bond acceptors (Lipinski definition) is 2. The first-order chi connectivity index (χ1) is 9.95. The zero-order chi connectivity index (χ0) is 15.5. The van der Waals surface area contributed by atoms with Gasteiger partial charge in [0, 0.05) is 6.54 Å². The first-order valence-electron chi connectivity index (χ1n) is 7.52. The lowest BCUT2D eigenvalue weighted by Crippen LogP contribution is -2.53. The van der Waals surface area contributed by atoms with Crippen molar-refractivity contribution in [3.8, 4) is 0 Å². The molecule has 1 aliphatic rings. The lowest BCUT2D eigenvalue weighted by molar-refractivity contribution is -0.149. The largest absolute Gasteiger partial charge is 0.480 e. The van der Waals surface area contributed by atoms with E-state index < -0.39 is 11.4 Å². The van der Waals surface area contributed by atoms with Gasteiger partial charge in [0.15, 0.2) is 0 Å². The van der Waals surface area contributed by atoms with Gasteiger partial charge in [-0.25, -0.2) is 0 Å². The molecule has 1 amide bonds. The molecule has 4 heteroatoms. The van der Waals surface area contributed by atoms with E-state index in [1.54, 1.807) is 0 Å². The van der Waals surface area contributed by atoms with E-state index in [4.69, 9.17) is 5.11 Å². The van der Waals surface area contributed by atoms with E-state index in [-0.39, 0.29) is 18.4 Å². The Kier molecular flexibility index (Phi) is 4.66. The van der Waals surface area contributed by atoms with Crippen molar-refractivity contribution in [1.29, 1.82) is 0 Å². The Balaban J connectivity index is 2.27. The van der Waals surface area contributed by atoms with Crippen LogP contribution in [0.1, 0.15) is 38.7 Å². The number of carboxylic acids is 1. The molecular weight excluding hydrogens is 266 g/mol. The number of carboxylic acid groups (broad SMARTS) is 1. The monoisotopic (exact) mass is 289 g/mol. The van der Waals surface area contributed by atoms with Gasteiger partial charge in [-0.15, -0.1) is 0 Å². The van der Waals surface area contributed by atoms with Crippen LogP contribution < -0.4 is 0 Å². The third-order valence-electron chi connectivity index (χ3n) is 4.14. The van der Waals surface area contributed by atoms with Crippen molar-refractivity contribution in [2.45, 2.75) is 38.5 Å². The Morgan fingerprint density at radius 3 is 2.29 bits per heavy atom. The normalized spacial score (nSPS) is 16.3. The molecule has 1 aliphatic carbocycles. The molecule has 0 unspecified atom stereocenters. The average molecular weight is 289 g/mol. The summed E-state index contributed by atoms with van der Waals surface area (Å²) in [6, 6.07) is 9.76. The fourth-order valence-electron chi connectivity index (χ4n) is 3.04. The van der Waals surface area contributed by atoms with Crippen molar-refractivity contribution in [2.75, 3.05) is 13.1 Å². The fourth-order valence-corrected chi connectivity index (χ4v) is 3.04. The first-order valence-corrected chi connectivity index (χ1v) is 7.52. The third-order valence-corrected chi connectivity index (χ3v) is 4.14. The van der Waals surface area contributed by atoms with Crippen LogP contribution in [-0.2, 0) is 15.0 Å². The summed E-state index contributed by atoms with van der Waals surface area (Å²) in [5.41, 5.74) is 0.506. The van der Waals surface area contributed by atoms with Crippen LogP contribution >= 0.6 is 0 Å². The van der Waals surface area contributed by atoms with E-state index in [1.165, 1.54) is 4.90 Å². The second-order valence-electron chi connectivity index (χ2n) is 6.27. The summed E-state index contributed by atoms with van der Waals surface area (Å²) in [5, 5.41) is 9.08. The summed E-state index contributed by atoms with van der Waals surface area (Å²) in [7, 11) is 0. The van der Waals surface area contributed by atoms with Gasteiger partial charge in [-0.3, -0.25) is 9.59 Å².